The highest BCUT2D eigenvalue weighted by Crippen LogP contribution is 2.34. The van der Waals surface area contributed by atoms with Crippen molar-refractivity contribution < 1.29 is 4.74 Å². The van der Waals surface area contributed by atoms with Gasteiger partial charge in [0.25, 0.3) is 0 Å². The number of halogens is 1. The number of nitrogen functional groups attached to an aromatic ring is 1. The minimum atomic E-state index is -0.465. The Morgan fingerprint density at radius 3 is 2.68 bits per heavy atom. The Morgan fingerprint density at radius 2 is 2.08 bits per heavy atom. The quantitative estimate of drug-likeness (QED) is 0.820. The number of methoxy groups -OCH3 is 1. The largest absolute Gasteiger partial charge is 0.481 e. The Bertz CT molecular complexity index is 840. The van der Waals surface area contributed by atoms with E-state index in [1.165, 1.54) is 11.8 Å². The van der Waals surface area contributed by atoms with Gasteiger partial charge in [-0.1, -0.05) is 11.8 Å². The van der Waals surface area contributed by atoms with Gasteiger partial charge in [-0.05, 0) is 30.8 Å². The molecule has 25 heavy (non-hydrogen) atoms. The van der Waals surface area contributed by atoms with Crippen LogP contribution in [0.5, 0.6) is 5.88 Å². The van der Waals surface area contributed by atoms with Gasteiger partial charge in [0.1, 0.15) is 11.7 Å². The number of aromatic nitrogens is 3. The second kappa shape index (κ2) is 7.24. The van der Waals surface area contributed by atoms with Gasteiger partial charge < -0.3 is 15.4 Å². The van der Waals surface area contributed by atoms with Gasteiger partial charge in [-0.3, -0.25) is 0 Å². The fraction of sp³-hybridized carbons (Fsp3) is 0.267. The van der Waals surface area contributed by atoms with Crippen molar-refractivity contribution in [2.24, 2.45) is 9.98 Å². The number of ether oxygens (including phenoxy) is 1. The molecule has 0 fully saturated rings. The summed E-state index contributed by atoms with van der Waals surface area (Å²) < 4.78 is 5.12. The van der Waals surface area contributed by atoms with Crippen LogP contribution in [0, 0.1) is 0 Å². The van der Waals surface area contributed by atoms with E-state index in [1.54, 1.807) is 25.6 Å². The van der Waals surface area contributed by atoms with E-state index in [2.05, 4.69) is 24.9 Å². The smallest absolute Gasteiger partial charge is 0.224 e. The summed E-state index contributed by atoms with van der Waals surface area (Å²) in [6, 6.07) is 3.65. The molecule has 2 aromatic heterocycles. The van der Waals surface area contributed by atoms with Crippen molar-refractivity contribution in [2.75, 3.05) is 24.0 Å². The molecule has 2 aromatic rings. The zero-order valence-electron chi connectivity index (χ0n) is 13.8. The molecular formula is C15H16ClN7OS. The summed E-state index contributed by atoms with van der Waals surface area (Å²) in [6.45, 7) is 1.90. The molecule has 0 aliphatic carbocycles. The van der Waals surface area contributed by atoms with E-state index in [9.17, 15) is 0 Å². The molecule has 3 heterocycles. The van der Waals surface area contributed by atoms with E-state index in [0.717, 1.165) is 11.5 Å². The molecule has 10 heteroatoms. The summed E-state index contributed by atoms with van der Waals surface area (Å²) in [5.74, 6) is 1.55. The number of anilines is 2. The van der Waals surface area contributed by atoms with E-state index < -0.39 is 6.17 Å². The lowest BCUT2D eigenvalue weighted by Gasteiger charge is -2.33. The van der Waals surface area contributed by atoms with Crippen LogP contribution in [0.4, 0.5) is 11.5 Å². The maximum absolute atomic E-state index is 6.06. The number of amidine groups is 2. The van der Waals surface area contributed by atoms with Gasteiger partial charge in [-0.15, -0.1) is 0 Å². The molecule has 1 unspecified atom stereocenters. The van der Waals surface area contributed by atoms with Crippen molar-refractivity contribution >= 4 is 45.9 Å². The molecule has 1 aliphatic rings. The first-order chi connectivity index (χ1) is 12.0. The van der Waals surface area contributed by atoms with Crippen LogP contribution in [0.1, 0.15) is 18.7 Å². The highest BCUT2D eigenvalue weighted by Gasteiger charge is 2.29. The molecular weight excluding hydrogens is 362 g/mol. The summed E-state index contributed by atoms with van der Waals surface area (Å²) in [5.41, 5.74) is 7.49. The van der Waals surface area contributed by atoms with Gasteiger partial charge in [0.05, 0.1) is 24.6 Å². The van der Waals surface area contributed by atoms with Crippen molar-refractivity contribution in [1.29, 1.82) is 0 Å². The summed E-state index contributed by atoms with van der Waals surface area (Å²) in [6.07, 6.45) is 4.72. The number of rotatable bonds is 3. The summed E-state index contributed by atoms with van der Waals surface area (Å²) >= 11 is 7.28. The number of pyridine rings is 1. The van der Waals surface area contributed by atoms with Crippen molar-refractivity contribution in [3.63, 3.8) is 0 Å². The second-order valence-electron chi connectivity index (χ2n) is 5.06. The second-order valence-corrected chi connectivity index (χ2v) is 6.17. The topological polar surface area (TPSA) is 102 Å². The third kappa shape index (κ3) is 3.52. The van der Waals surface area contributed by atoms with Crippen LogP contribution in [-0.2, 0) is 0 Å². The molecule has 2 N–H and O–H groups in total. The molecule has 0 radical (unpaired) electrons. The predicted molar refractivity (Wildman–Crippen MR) is 102 cm³/mol. The van der Waals surface area contributed by atoms with E-state index >= 15 is 0 Å². The first-order valence-corrected chi connectivity index (χ1v) is 8.88. The van der Waals surface area contributed by atoms with E-state index in [4.69, 9.17) is 22.1 Å². The first kappa shape index (κ1) is 17.4. The zero-order valence-corrected chi connectivity index (χ0v) is 15.4. The van der Waals surface area contributed by atoms with Gasteiger partial charge in [-0.25, -0.2) is 24.9 Å². The SMILES string of the molecule is COc1ccc(N2C(C)=NC(SC)=NC2c2cnc(Cl)nc2N)cn1. The molecule has 0 aromatic carbocycles. The predicted octanol–water partition coefficient (Wildman–Crippen LogP) is 2.77. The molecule has 0 saturated carbocycles. The van der Waals surface area contributed by atoms with Crippen LogP contribution in [0.2, 0.25) is 5.28 Å². The van der Waals surface area contributed by atoms with Crippen molar-refractivity contribution in [3.05, 3.63) is 35.4 Å². The molecule has 0 saturated heterocycles. The van der Waals surface area contributed by atoms with Crippen molar-refractivity contribution in [3.8, 4) is 5.88 Å². The fourth-order valence-corrected chi connectivity index (χ4v) is 2.98. The standard InChI is InChI=1S/C15H16ClN7OS/c1-8-20-15(25-3)22-13(10-7-19-14(16)21-12(10)17)23(8)9-4-5-11(24-2)18-6-9/h4-7,13H,1-3H3,(H2,17,19,21). The molecule has 0 spiro atoms. The van der Waals surface area contributed by atoms with Crippen LogP contribution in [-0.4, -0.2) is 39.3 Å². The minimum absolute atomic E-state index is 0.0918. The maximum Gasteiger partial charge on any atom is 0.224 e. The number of nitrogens with zero attached hydrogens (tertiary/aromatic N) is 6. The molecule has 0 amide bonds. The molecule has 1 aliphatic heterocycles. The Labute approximate surface area is 154 Å². The van der Waals surface area contributed by atoms with Gasteiger partial charge in [0, 0.05) is 12.3 Å². The highest BCUT2D eigenvalue weighted by atomic mass is 35.5. The summed E-state index contributed by atoms with van der Waals surface area (Å²) in [5, 5.41) is 0.740. The zero-order chi connectivity index (χ0) is 18.0. The van der Waals surface area contributed by atoms with Gasteiger partial charge >= 0.3 is 0 Å². The maximum atomic E-state index is 6.06. The number of hydrogen-bond donors (Lipinski definition) is 1. The Balaban J connectivity index is 2.09. The minimum Gasteiger partial charge on any atom is -0.481 e. The Kier molecular flexibility index (Phi) is 5.05. The fourth-order valence-electron chi connectivity index (χ4n) is 2.41. The summed E-state index contributed by atoms with van der Waals surface area (Å²) in [4.78, 5) is 23.4. The number of nitrogens with two attached hydrogens (primary N) is 1. The van der Waals surface area contributed by atoms with Gasteiger partial charge in [0.2, 0.25) is 11.2 Å². The van der Waals surface area contributed by atoms with Crippen LogP contribution >= 0.6 is 23.4 Å². The molecule has 8 nitrogen and oxygen atoms in total. The first-order valence-electron chi connectivity index (χ1n) is 7.27. The van der Waals surface area contributed by atoms with Crippen LogP contribution in [0.15, 0.2) is 34.5 Å². The lowest BCUT2D eigenvalue weighted by Crippen LogP contribution is -2.36. The molecule has 130 valence electrons. The van der Waals surface area contributed by atoms with Crippen LogP contribution in [0.3, 0.4) is 0 Å². The average Bonchev–Trinajstić information content (AvgIpc) is 2.61. The molecule has 3 rings (SSSR count). The van der Waals surface area contributed by atoms with E-state index in [-0.39, 0.29) is 11.1 Å². The lowest BCUT2D eigenvalue weighted by atomic mass is 10.2. The Hall–Kier alpha value is -2.39. The molecule has 0 bridgehead atoms. The average molecular weight is 378 g/mol. The Morgan fingerprint density at radius 1 is 1.28 bits per heavy atom. The number of hydrogen-bond acceptors (Lipinski definition) is 9. The van der Waals surface area contributed by atoms with Crippen LogP contribution in [0.25, 0.3) is 0 Å². The third-order valence-electron chi connectivity index (χ3n) is 3.57. The van der Waals surface area contributed by atoms with Gasteiger partial charge in [-0.2, -0.15) is 0 Å². The highest BCUT2D eigenvalue weighted by molar-refractivity contribution is 8.13. The van der Waals surface area contributed by atoms with E-state index in [1.807, 2.05) is 24.1 Å². The van der Waals surface area contributed by atoms with Crippen molar-refractivity contribution in [2.45, 2.75) is 13.1 Å². The normalized spacial score (nSPS) is 17.1. The van der Waals surface area contributed by atoms with Crippen molar-refractivity contribution in [1.82, 2.24) is 15.0 Å². The van der Waals surface area contributed by atoms with Gasteiger partial charge in [0.15, 0.2) is 11.3 Å². The van der Waals surface area contributed by atoms with Crippen LogP contribution < -0.4 is 15.4 Å². The summed E-state index contributed by atoms with van der Waals surface area (Å²) in [7, 11) is 1.57. The number of thioether (sulfide) groups is 1. The number of aliphatic imine (C=N–C) groups is 2. The monoisotopic (exact) mass is 377 g/mol. The third-order valence-corrected chi connectivity index (χ3v) is 4.31. The van der Waals surface area contributed by atoms with E-state index in [0.29, 0.717) is 16.6 Å². The molecule has 1 atom stereocenters. The lowest BCUT2D eigenvalue weighted by molar-refractivity contribution is 0.398.